The van der Waals surface area contributed by atoms with Gasteiger partial charge in [-0.05, 0) is 35.4 Å². The van der Waals surface area contributed by atoms with E-state index in [1.807, 2.05) is 25.1 Å². The van der Waals surface area contributed by atoms with Gasteiger partial charge in [0.1, 0.15) is 0 Å². The van der Waals surface area contributed by atoms with Crippen LogP contribution in [0.5, 0.6) is 0 Å². The lowest BCUT2D eigenvalue weighted by Crippen LogP contribution is -2.30. The summed E-state index contributed by atoms with van der Waals surface area (Å²) in [4.78, 5) is 12.2. The monoisotopic (exact) mass is 372 g/mol. The summed E-state index contributed by atoms with van der Waals surface area (Å²) in [5.74, 6) is -0.193. The van der Waals surface area contributed by atoms with Crippen LogP contribution < -0.4 is 10.6 Å². The predicted molar refractivity (Wildman–Crippen MR) is 105 cm³/mol. The Bertz CT molecular complexity index is 886. The zero-order valence-electron chi connectivity index (χ0n) is 13.7. The van der Waals surface area contributed by atoms with Crippen molar-refractivity contribution in [1.29, 1.82) is 0 Å². The number of amides is 1. The molecule has 2 N–H and O–H groups in total. The maximum absolute atomic E-state index is 12.2. The van der Waals surface area contributed by atoms with E-state index in [1.165, 1.54) is 10.8 Å². The highest BCUT2D eigenvalue weighted by Gasteiger charge is 2.13. The highest BCUT2D eigenvalue weighted by Crippen LogP contribution is 2.29. The molecule has 1 atom stereocenters. The van der Waals surface area contributed by atoms with Crippen LogP contribution in [0.4, 0.5) is 5.69 Å². The molecule has 3 aromatic carbocycles. The molecule has 0 saturated heterocycles. The molecule has 0 saturated carbocycles. The number of hydrogen-bond donors (Lipinski definition) is 2. The Morgan fingerprint density at radius 1 is 0.960 bits per heavy atom. The van der Waals surface area contributed by atoms with E-state index in [4.69, 9.17) is 23.2 Å². The average Bonchev–Trinajstić information content (AvgIpc) is 2.62. The maximum Gasteiger partial charge on any atom is 0.238 e. The zero-order chi connectivity index (χ0) is 17.8. The van der Waals surface area contributed by atoms with Gasteiger partial charge in [0.15, 0.2) is 0 Å². The number of fused-ring (bicyclic) bond motifs is 1. The summed E-state index contributed by atoms with van der Waals surface area (Å²) < 4.78 is 0. The number of rotatable bonds is 5. The van der Waals surface area contributed by atoms with Crippen LogP contribution in [0, 0.1) is 0 Å². The van der Waals surface area contributed by atoms with E-state index in [9.17, 15) is 4.79 Å². The van der Waals surface area contributed by atoms with Gasteiger partial charge in [-0.25, -0.2) is 0 Å². The molecule has 0 unspecified atom stereocenters. The van der Waals surface area contributed by atoms with Gasteiger partial charge in [0.05, 0.1) is 22.3 Å². The molecule has 1 amide bonds. The Hall–Kier alpha value is -2.07. The van der Waals surface area contributed by atoms with E-state index < -0.39 is 0 Å². The molecule has 128 valence electrons. The minimum atomic E-state index is -0.193. The summed E-state index contributed by atoms with van der Waals surface area (Å²) in [7, 11) is 0. The molecule has 0 fully saturated rings. The van der Waals surface area contributed by atoms with Gasteiger partial charge >= 0.3 is 0 Å². The molecule has 0 aliphatic heterocycles. The van der Waals surface area contributed by atoms with Crippen molar-refractivity contribution in [2.45, 2.75) is 13.0 Å². The van der Waals surface area contributed by atoms with Crippen molar-refractivity contribution in [2.75, 3.05) is 11.9 Å². The molecule has 0 aromatic heterocycles. The number of halogens is 2. The first-order valence-electron chi connectivity index (χ1n) is 8.01. The molecule has 3 rings (SSSR count). The third-order valence-electron chi connectivity index (χ3n) is 4.09. The summed E-state index contributed by atoms with van der Waals surface area (Å²) in [5, 5.41) is 9.21. The van der Waals surface area contributed by atoms with E-state index >= 15 is 0 Å². The fourth-order valence-electron chi connectivity index (χ4n) is 2.78. The van der Waals surface area contributed by atoms with Crippen molar-refractivity contribution < 1.29 is 4.79 Å². The number of anilines is 1. The van der Waals surface area contributed by atoms with E-state index in [1.54, 1.807) is 18.2 Å². The van der Waals surface area contributed by atoms with Crippen molar-refractivity contribution in [3.05, 3.63) is 76.3 Å². The van der Waals surface area contributed by atoms with Crippen LogP contribution in [0.25, 0.3) is 10.8 Å². The number of carbonyl (C=O) groups excluding carboxylic acids is 1. The standard InChI is InChI=1S/C20H18Cl2N2O/c1-13(15-9-4-7-14-6-2-3-8-16(14)15)23-12-19(25)24-20-17(21)10-5-11-18(20)22/h2-11,13,23H,12H2,1H3,(H,24,25)/t13-/m1/s1. The third kappa shape index (κ3) is 4.13. The Morgan fingerprint density at radius 3 is 2.36 bits per heavy atom. The smallest absolute Gasteiger partial charge is 0.238 e. The van der Waals surface area contributed by atoms with Crippen LogP contribution in [0.2, 0.25) is 10.0 Å². The molecule has 0 bridgehead atoms. The molecule has 5 heteroatoms. The summed E-state index contributed by atoms with van der Waals surface area (Å²) >= 11 is 12.2. The maximum atomic E-state index is 12.2. The molecule has 3 aromatic rings. The number of benzene rings is 3. The van der Waals surface area contributed by atoms with Gasteiger partial charge in [-0.1, -0.05) is 71.7 Å². The van der Waals surface area contributed by atoms with E-state index in [0.29, 0.717) is 15.7 Å². The summed E-state index contributed by atoms with van der Waals surface area (Å²) in [6.07, 6.45) is 0. The van der Waals surface area contributed by atoms with Gasteiger partial charge in [0, 0.05) is 6.04 Å². The fraction of sp³-hybridized carbons (Fsp3) is 0.150. The van der Waals surface area contributed by atoms with Gasteiger partial charge < -0.3 is 10.6 Å². The minimum Gasteiger partial charge on any atom is -0.322 e. The number of hydrogen-bond acceptors (Lipinski definition) is 2. The second-order valence-corrected chi connectivity index (χ2v) is 6.63. The molecular weight excluding hydrogens is 355 g/mol. The quantitative estimate of drug-likeness (QED) is 0.626. The van der Waals surface area contributed by atoms with Crippen LogP contribution in [0.3, 0.4) is 0 Å². The molecule has 0 spiro atoms. The van der Waals surface area contributed by atoms with Crippen LogP contribution in [0.15, 0.2) is 60.7 Å². The van der Waals surface area contributed by atoms with Gasteiger partial charge in [-0.3, -0.25) is 4.79 Å². The second kappa shape index (κ2) is 7.87. The molecule has 0 aliphatic rings. The fourth-order valence-corrected chi connectivity index (χ4v) is 3.28. The van der Waals surface area contributed by atoms with E-state index in [0.717, 1.165) is 5.56 Å². The molecule has 3 nitrogen and oxygen atoms in total. The van der Waals surface area contributed by atoms with Crippen LogP contribution in [-0.4, -0.2) is 12.5 Å². The lowest BCUT2D eigenvalue weighted by molar-refractivity contribution is -0.115. The van der Waals surface area contributed by atoms with E-state index in [2.05, 4.69) is 34.9 Å². The van der Waals surface area contributed by atoms with Crippen LogP contribution >= 0.6 is 23.2 Å². The molecular formula is C20H18Cl2N2O. The van der Waals surface area contributed by atoms with Gasteiger partial charge in [-0.2, -0.15) is 0 Å². The largest absolute Gasteiger partial charge is 0.322 e. The van der Waals surface area contributed by atoms with Crippen LogP contribution in [0.1, 0.15) is 18.5 Å². The number of para-hydroxylation sites is 1. The molecule has 0 aliphatic carbocycles. The molecule has 0 radical (unpaired) electrons. The third-order valence-corrected chi connectivity index (χ3v) is 4.72. The lowest BCUT2D eigenvalue weighted by Gasteiger charge is -2.17. The Morgan fingerprint density at radius 2 is 1.60 bits per heavy atom. The van der Waals surface area contributed by atoms with Gasteiger partial charge in [-0.15, -0.1) is 0 Å². The second-order valence-electron chi connectivity index (χ2n) is 5.82. The van der Waals surface area contributed by atoms with Crippen molar-refractivity contribution >= 4 is 45.6 Å². The zero-order valence-corrected chi connectivity index (χ0v) is 15.2. The van der Waals surface area contributed by atoms with Crippen molar-refractivity contribution in [1.82, 2.24) is 5.32 Å². The highest BCUT2D eigenvalue weighted by atomic mass is 35.5. The summed E-state index contributed by atoms with van der Waals surface area (Å²) in [5.41, 5.74) is 1.59. The highest BCUT2D eigenvalue weighted by molar-refractivity contribution is 6.39. The van der Waals surface area contributed by atoms with Crippen molar-refractivity contribution in [2.24, 2.45) is 0 Å². The first kappa shape index (κ1) is 17.7. The average molecular weight is 373 g/mol. The first-order valence-corrected chi connectivity index (χ1v) is 8.77. The molecule has 25 heavy (non-hydrogen) atoms. The Kier molecular flexibility index (Phi) is 5.59. The van der Waals surface area contributed by atoms with Gasteiger partial charge in [0.25, 0.3) is 0 Å². The summed E-state index contributed by atoms with van der Waals surface area (Å²) in [6, 6.07) is 19.5. The lowest BCUT2D eigenvalue weighted by atomic mass is 10.00. The summed E-state index contributed by atoms with van der Waals surface area (Å²) in [6.45, 7) is 2.20. The molecule has 0 heterocycles. The van der Waals surface area contributed by atoms with Crippen LogP contribution in [-0.2, 0) is 4.79 Å². The Balaban J connectivity index is 1.67. The normalized spacial score (nSPS) is 12.1. The Labute approximate surface area is 156 Å². The van der Waals surface area contributed by atoms with Gasteiger partial charge in [0.2, 0.25) is 5.91 Å². The SMILES string of the molecule is C[C@@H](NCC(=O)Nc1c(Cl)cccc1Cl)c1cccc2ccccc12. The predicted octanol–water partition coefficient (Wildman–Crippen LogP) is 5.44. The topological polar surface area (TPSA) is 41.1 Å². The first-order chi connectivity index (χ1) is 12.1. The van der Waals surface area contributed by atoms with Crippen molar-refractivity contribution in [3.8, 4) is 0 Å². The number of nitrogens with one attached hydrogen (secondary N) is 2. The number of carbonyl (C=O) groups is 1. The van der Waals surface area contributed by atoms with E-state index in [-0.39, 0.29) is 18.5 Å². The van der Waals surface area contributed by atoms with Crippen molar-refractivity contribution in [3.63, 3.8) is 0 Å². The minimum absolute atomic E-state index is 0.0265.